The molecule has 1 aromatic carbocycles. The van der Waals surface area contributed by atoms with Crippen molar-refractivity contribution >= 4 is 22.9 Å². The molecule has 3 nitrogen and oxygen atoms in total. The van der Waals surface area contributed by atoms with Gasteiger partial charge in [0.25, 0.3) is 0 Å². The summed E-state index contributed by atoms with van der Waals surface area (Å²) < 4.78 is 0. The fourth-order valence-corrected chi connectivity index (χ4v) is 1.69. The normalized spacial score (nSPS) is 11.2. The molecule has 1 rings (SSSR count). The number of likely N-dealkylation sites (N-methyl/N-ethyl adjacent to an activating group) is 1. The first-order valence-corrected chi connectivity index (χ1v) is 5.54. The van der Waals surface area contributed by atoms with Gasteiger partial charge in [-0.25, -0.2) is 0 Å². The van der Waals surface area contributed by atoms with Crippen LogP contribution in [0.25, 0.3) is 0 Å². The van der Waals surface area contributed by atoms with E-state index in [1.54, 1.807) is 13.8 Å². The van der Waals surface area contributed by atoms with Crippen molar-refractivity contribution in [3.8, 4) is 0 Å². The Bertz CT molecular complexity index is 368. The van der Waals surface area contributed by atoms with Gasteiger partial charge in [0.05, 0.1) is 5.60 Å². The van der Waals surface area contributed by atoms with Crippen LogP contribution in [-0.4, -0.2) is 29.3 Å². The molecule has 0 amide bonds. The molecule has 0 saturated carbocycles. The standard InChI is InChI=1S/C12H18N2OS/c1-12(2,15)8-14(3)10-6-4-9(5-7-10)11(13)16/h4-7,15H,8H2,1-3H3,(H2,13,16). The molecule has 0 spiro atoms. The number of hydrogen-bond donors (Lipinski definition) is 2. The van der Waals surface area contributed by atoms with Crippen molar-refractivity contribution in [3.63, 3.8) is 0 Å². The number of nitrogens with two attached hydrogens (primary N) is 1. The lowest BCUT2D eigenvalue weighted by molar-refractivity contribution is 0.0886. The topological polar surface area (TPSA) is 49.5 Å². The van der Waals surface area contributed by atoms with E-state index in [9.17, 15) is 5.11 Å². The second-order valence-corrected chi connectivity index (χ2v) is 5.02. The summed E-state index contributed by atoms with van der Waals surface area (Å²) in [5, 5.41) is 9.71. The average Bonchev–Trinajstić information content (AvgIpc) is 2.15. The van der Waals surface area contributed by atoms with Crippen LogP contribution in [0.4, 0.5) is 5.69 Å². The van der Waals surface area contributed by atoms with E-state index in [0.717, 1.165) is 11.3 Å². The van der Waals surface area contributed by atoms with Gasteiger partial charge in [-0.1, -0.05) is 12.2 Å². The predicted octanol–water partition coefficient (Wildman–Crippen LogP) is 1.53. The molecule has 0 radical (unpaired) electrons. The molecule has 16 heavy (non-hydrogen) atoms. The number of hydrogen-bond acceptors (Lipinski definition) is 3. The number of aliphatic hydroxyl groups is 1. The molecule has 0 fully saturated rings. The molecule has 0 unspecified atom stereocenters. The lowest BCUT2D eigenvalue weighted by Crippen LogP contribution is -2.36. The van der Waals surface area contributed by atoms with Crippen LogP contribution in [0.15, 0.2) is 24.3 Å². The van der Waals surface area contributed by atoms with E-state index in [2.05, 4.69) is 0 Å². The van der Waals surface area contributed by atoms with Gasteiger partial charge in [-0.3, -0.25) is 0 Å². The zero-order valence-corrected chi connectivity index (χ0v) is 10.7. The minimum Gasteiger partial charge on any atom is -0.389 e. The quantitative estimate of drug-likeness (QED) is 0.781. The maximum absolute atomic E-state index is 9.71. The van der Waals surface area contributed by atoms with Crippen LogP contribution in [0.2, 0.25) is 0 Å². The summed E-state index contributed by atoms with van der Waals surface area (Å²) in [5.74, 6) is 0. The van der Waals surface area contributed by atoms with E-state index in [4.69, 9.17) is 18.0 Å². The Morgan fingerprint density at radius 1 is 1.38 bits per heavy atom. The number of anilines is 1. The summed E-state index contributed by atoms with van der Waals surface area (Å²) in [6.07, 6.45) is 0. The van der Waals surface area contributed by atoms with Crippen LogP contribution in [-0.2, 0) is 0 Å². The summed E-state index contributed by atoms with van der Waals surface area (Å²) >= 11 is 4.88. The fourth-order valence-electron chi connectivity index (χ4n) is 1.55. The van der Waals surface area contributed by atoms with Crippen molar-refractivity contribution in [2.45, 2.75) is 19.4 Å². The van der Waals surface area contributed by atoms with Crippen molar-refractivity contribution in [3.05, 3.63) is 29.8 Å². The Kier molecular flexibility index (Phi) is 3.88. The van der Waals surface area contributed by atoms with Crippen molar-refractivity contribution in [2.24, 2.45) is 5.73 Å². The Labute approximate surface area is 102 Å². The fraction of sp³-hybridized carbons (Fsp3) is 0.417. The Hall–Kier alpha value is -1.13. The Morgan fingerprint density at radius 3 is 2.25 bits per heavy atom. The second kappa shape index (κ2) is 4.80. The zero-order valence-electron chi connectivity index (χ0n) is 9.90. The van der Waals surface area contributed by atoms with Crippen LogP contribution >= 0.6 is 12.2 Å². The van der Waals surface area contributed by atoms with Gasteiger partial charge in [0.2, 0.25) is 0 Å². The van der Waals surface area contributed by atoms with Gasteiger partial charge in [-0.2, -0.15) is 0 Å². The third-order valence-corrected chi connectivity index (χ3v) is 2.45. The van der Waals surface area contributed by atoms with Crippen LogP contribution < -0.4 is 10.6 Å². The smallest absolute Gasteiger partial charge is 0.103 e. The number of thiocarbonyl (C=S) groups is 1. The average molecular weight is 238 g/mol. The molecule has 1 aromatic rings. The minimum atomic E-state index is -0.712. The summed E-state index contributed by atoms with van der Waals surface area (Å²) in [7, 11) is 1.94. The molecule has 0 atom stereocenters. The van der Waals surface area contributed by atoms with E-state index in [-0.39, 0.29) is 0 Å². The molecule has 0 bridgehead atoms. The first kappa shape index (κ1) is 12.9. The van der Waals surface area contributed by atoms with E-state index in [1.165, 1.54) is 0 Å². The predicted molar refractivity (Wildman–Crippen MR) is 71.9 cm³/mol. The van der Waals surface area contributed by atoms with Gasteiger partial charge in [0, 0.05) is 24.8 Å². The molecule has 4 heteroatoms. The molecule has 0 aromatic heterocycles. The molecule has 0 aliphatic carbocycles. The zero-order chi connectivity index (χ0) is 12.3. The molecular formula is C12H18N2OS. The van der Waals surface area contributed by atoms with Crippen LogP contribution in [0.3, 0.4) is 0 Å². The highest BCUT2D eigenvalue weighted by molar-refractivity contribution is 7.80. The van der Waals surface area contributed by atoms with Crippen LogP contribution in [0.5, 0.6) is 0 Å². The number of nitrogens with zero attached hydrogens (tertiary/aromatic N) is 1. The van der Waals surface area contributed by atoms with Gasteiger partial charge in [0.15, 0.2) is 0 Å². The highest BCUT2D eigenvalue weighted by Gasteiger charge is 2.15. The van der Waals surface area contributed by atoms with Crippen LogP contribution in [0, 0.1) is 0 Å². The monoisotopic (exact) mass is 238 g/mol. The highest BCUT2D eigenvalue weighted by atomic mass is 32.1. The van der Waals surface area contributed by atoms with Crippen molar-refractivity contribution < 1.29 is 5.11 Å². The molecular weight excluding hydrogens is 220 g/mol. The lowest BCUT2D eigenvalue weighted by atomic mass is 10.1. The van der Waals surface area contributed by atoms with Gasteiger partial charge in [-0.05, 0) is 38.1 Å². The molecule has 0 heterocycles. The summed E-state index contributed by atoms with van der Waals surface area (Å²) in [6.45, 7) is 4.14. The number of rotatable bonds is 4. The molecule has 0 aliphatic rings. The van der Waals surface area contributed by atoms with Crippen molar-refractivity contribution in [1.29, 1.82) is 0 Å². The number of benzene rings is 1. The lowest BCUT2D eigenvalue weighted by Gasteiger charge is -2.27. The van der Waals surface area contributed by atoms with Crippen LogP contribution in [0.1, 0.15) is 19.4 Å². The SMILES string of the molecule is CN(CC(C)(C)O)c1ccc(C(N)=S)cc1. The van der Waals surface area contributed by atoms with Crippen molar-refractivity contribution in [2.75, 3.05) is 18.5 Å². The first-order valence-electron chi connectivity index (χ1n) is 5.13. The summed E-state index contributed by atoms with van der Waals surface area (Å²) in [6, 6.07) is 7.66. The molecule has 3 N–H and O–H groups in total. The van der Waals surface area contributed by atoms with Crippen molar-refractivity contribution in [1.82, 2.24) is 0 Å². The molecule has 0 saturated heterocycles. The summed E-state index contributed by atoms with van der Waals surface area (Å²) in [5.41, 5.74) is 6.69. The van der Waals surface area contributed by atoms with E-state index >= 15 is 0 Å². The van der Waals surface area contributed by atoms with E-state index in [1.807, 2.05) is 36.2 Å². The van der Waals surface area contributed by atoms with Gasteiger partial charge >= 0.3 is 0 Å². The third kappa shape index (κ3) is 3.79. The van der Waals surface area contributed by atoms with Gasteiger partial charge < -0.3 is 15.7 Å². The van der Waals surface area contributed by atoms with E-state index in [0.29, 0.717) is 11.5 Å². The van der Waals surface area contributed by atoms with E-state index < -0.39 is 5.60 Å². The third-order valence-electron chi connectivity index (χ3n) is 2.22. The molecule has 0 aliphatic heterocycles. The van der Waals surface area contributed by atoms with Gasteiger partial charge in [-0.15, -0.1) is 0 Å². The Morgan fingerprint density at radius 2 is 1.88 bits per heavy atom. The largest absolute Gasteiger partial charge is 0.389 e. The Balaban J connectivity index is 2.78. The van der Waals surface area contributed by atoms with Gasteiger partial charge in [0.1, 0.15) is 4.99 Å². The molecule has 88 valence electrons. The summed E-state index contributed by atoms with van der Waals surface area (Å²) in [4.78, 5) is 2.39. The second-order valence-electron chi connectivity index (χ2n) is 4.58. The highest BCUT2D eigenvalue weighted by Crippen LogP contribution is 2.16. The maximum Gasteiger partial charge on any atom is 0.103 e. The maximum atomic E-state index is 9.71. The first-order chi connectivity index (χ1) is 7.29. The minimum absolute atomic E-state index is 0.400.